The summed E-state index contributed by atoms with van der Waals surface area (Å²) in [6.07, 6.45) is 5.21. The minimum atomic E-state index is 0.232. The zero-order valence-corrected chi connectivity index (χ0v) is 10.4. The molecule has 3 heteroatoms. The number of hydrogen-bond acceptors (Lipinski definition) is 2. The van der Waals surface area contributed by atoms with Gasteiger partial charge >= 0.3 is 0 Å². The number of allylic oxidation sites excluding steroid dienone is 1. The first-order valence-electron chi connectivity index (χ1n) is 5.93. The van der Waals surface area contributed by atoms with Gasteiger partial charge in [0.2, 0.25) is 0 Å². The zero-order valence-electron chi connectivity index (χ0n) is 9.69. The molecule has 0 fully saturated rings. The van der Waals surface area contributed by atoms with Gasteiger partial charge < -0.3 is 4.90 Å². The van der Waals surface area contributed by atoms with Crippen molar-refractivity contribution in [3.05, 3.63) is 41.1 Å². The van der Waals surface area contributed by atoms with Crippen LogP contribution in [0.1, 0.15) is 18.9 Å². The van der Waals surface area contributed by atoms with Crippen molar-refractivity contribution in [3.8, 4) is 0 Å². The molecular formula is C14H14ClNO. The number of benzene rings is 1. The van der Waals surface area contributed by atoms with E-state index in [2.05, 4.69) is 17.9 Å². The van der Waals surface area contributed by atoms with E-state index < -0.39 is 0 Å². The Bertz CT molecular complexity index is 509. The minimum absolute atomic E-state index is 0.232. The van der Waals surface area contributed by atoms with Crippen molar-refractivity contribution in [2.75, 3.05) is 4.90 Å². The summed E-state index contributed by atoms with van der Waals surface area (Å²) in [5.74, 6) is 0.713. The Kier molecular flexibility index (Phi) is 2.48. The maximum atomic E-state index is 11.5. The predicted molar refractivity (Wildman–Crippen MR) is 69.4 cm³/mol. The van der Waals surface area contributed by atoms with Gasteiger partial charge in [-0.2, -0.15) is 0 Å². The normalized spacial score (nSPS) is 26.7. The smallest absolute Gasteiger partial charge is 0.159 e. The molecule has 0 bridgehead atoms. The largest absolute Gasteiger partial charge is 0.344 e. The molecule has 0 aliphatic carbocycles. The molecule has 0 saturated carbocycles. The highest BCUT2D eigenvalue weighted by Crippen LogP contribution is 2.38. The molecular weight excluding hydrogens is 234 g/mol. The molecule has 0 amide bonds. The van der Waals surface area contributed by atoms with Crippen LogP contribution in [0, 0.1) is 5.92 Å². The van der Waals surface area contributed by atoms with Crippen molar-refractivity contribution >= 4 is 23.1 Å². The van der Waals surface area contributed by atoms with Crippen LogP contribution in [0.3, 0.4) is 0 Å². The van der Waals surface area contributed by atoms with Crippen molar-refractivity contribution in [2.24, 2.45) is 5.92 Å². The third-order valence-corrected chi connectivity index (χ3v) is 3.94. The molecule has 0 N–H and O–H groups in total. The van der Waals surface area contributed by atoms with E-state index in [0.29, 0.717) is 18.4 Å². The summed E-state index contributed by atoms with van der Waals surface area (Å²) < 4.78 is 0. The van der Waals surface area contributed by atoms with Gasteiger partial charge in [0.1, 0.15) is 0 Å². The zero-order chi connectivity index (χ0) is 12.0. The Labute approximate surface area is 106 Å². The predicted octanol–water partition coefficient (Wildman–Crippen LogP) is 3.19. The summed E-state index contributed by atoms with van der Waals surface area (Å²) in [5.41, 5.74) is 2.47. The van der Waals surface area contributed by atoms with Crippen molar-refractivity contribution < 1.29 is 4.79 Å². The SMILES string of the molecule is CC1Cc2cc(Cl)ccc2N2C=CC(=O)C[C@H]12. The molecule has 17 heavy (non-hydrogen) atoms. The van der Waals surface area contributed by atoms with Crippen molar-refractivity contribution in [3.63, 3.8) is 0 Å². The second-order valence-corrected chi connectivity index (χ2v) is 5.35. The van der Waals surface area contributed by atoms with Gasteiger partial charge in [-0.3, -0.25) is 4.79 Å². The molecule has 3 rings (SSSR count). The number of carbonyl (C=O) groups excluding carboxylic acids is 1. The van der Waals surface area contributed by atoms with Crippen molar-refractivity contribution in [1.29, 1.82) is 0 Å². The van der Waals surface area contributed by atoms with Crippen molar-refractivity contribution in [1.82, 2.24) is 0 Å². The molecule has 0 radical (unpaired) electrons. The number of rotatable bonds is 0. The highest BCUT2D eigenvalue weighted by molar-refractivity contribution is 6.30. The van der Waals surface area contributed by atoms with Gasteiger partial charge in [-0.1, -0.05) is 18.5 Å². The minimum Gasteiger partial charge on any atom is -0.344 e. The average Bonchev–Trinajstić information content (AvgIpc) is 2.29. The van der Waals surface area contributed by atoms with Crippen LogP contribution in [-0.2, 0) is 11.2 Å². The lowest BCUT2D eigenvalue weighted by molar-refractivity contribution is -0.115. The van der Waals surface area contributed by atoms with Gasteiger partial charge in [0, 0.05) is 29.4 Å². The first-order chi connectivity index (χ1) is 8.15. The van der Waals surface area contributed by atoms with E-state index in [0.717, 1.165) is 11.4 Å². The molecule has 2 aliphatic rings. The molecule has 88 valence electrons. The Morgan fingerprint density at radius 1 is 1.35 bits per heavy atom. The maximum absolute atomic E-state index is 11.5. The van der Waals surface area contributed by atoms with Gasteiger partial charge in [0.15, 0.2) is 5.78 Å². The first kappa shape index (κ1) is 10.8. The van der Waals surface area contributed by atoms with Crippen molar-refractivity contribution in [2.45, 2.75) is 25.8 Å². The quantitative estimate of drug-likeness (QED) is 0.702. The van der Waals surface area contributed by atoms with Crippen LogP contribution in [0.25, 0.3) is 0 Å². The molecule has 1 aromatic carbocycles. The fraction of sp³-hybridized carbons (Fsp3) is 0.357. The number of fused-ring (bicyclic) bond motifs is 3. The van der Waals surface area contributed by atoms with E-state index >= 15 is 0 Å². The summed E-state index contributed by atoms with van der Waals surface area (Å²) in [6, 6.07) is 6.31. The Morgan fingerprint density at radius 3 is 3.00 bits per heavy atom. The summed E-state index contributed by atoms with van der Waals surface area (Å²) in [7, 11) is 0. The first-order valence-corrected chi connectivity index (χ1v) is 6.31. The van der Waals surface area contributed by atoms with Crippen LogP contribution < -0.4 is 4.90 Å². The monoisotopic (exact) mass is 247 g/mol. The number of carbonyl (C=O) groups is 1. The van der Waals surface area contributed by atoms with Crippen LogP contribution in [-0.4, -0.2) is 11.8 Å². The second-order valence-electron chi connectivity index (χ2n) is 4.92. The average molecular weight is 248 g/mol. The Morgan fingerprint density at radius 2 is 2.18 bits per heavy atom. The van der Waals surface area contributed by atoms with Gasteiger partial charge in [0.25, 0.3) is 0 Å². The third kappa shape index (κ3) is 1.77. The maximum Gasteiger partial charge on any atom is 0.159 e. The topological polar surface area (TPSA) is 20.3 Å². The lowest BCUT2D eigenvalue weighted by atomic mass is 9.83. The second kappa shape index (κ2) is 3.88. The lowest BCUT2D eigenvalue weighted by Gasteiger charge is -2.42. The van der Waals surface area contributed by atoms with E-state index in [1.165, 1.54) is 11.3 Å². The Hall–Kier alpha value is -1.28. The number of ketones is 1. The van der Waals surface area contributed by atoms with Gasteiger partial charge in [0.05, 0.1) is 0 Å². The summed E-state index contributed by atoms with van der Waals surface area (Å²) in [5, 5.41) is 0.784. The number of anilines is 1. The molecule has 2 nitrogen and oxygen atoms in total. The number of halogens is 1. The van der Waals surface area contributed by atoms with Crippen LogP contribution >= 0.6 is 11.6 Å². The molecule has 2 heterocycles. The highest BCUT2D eigenvalue weighted by Gasteiger charge is 2.33. The van der Waals surface area contributed by atoms with Gasteiger partial charge in [-0.25, -0.2) is 0 Å². The summed E-state index contributed by atoms with van der Waals surface area (Å²) >= 11 is 6.03. The highest BCUT2D eigenvalue weighted by atomic mass is 35.5. The molecule has 1 aromatic rings. The number of nitrogens with zero attached hydrogens (tertiary/aromatic N) is 1. The Balaban J connectivity index is 2.09. The standard InChI is InChI=1S/C14H14ClNO/c1-9-6-10-7-11(15)2-3-13(10)16-5-4-12(17)8-14(9)16/h2-5,7,9,14H,6,8H2,1H3/t9?,14-/m1/s1. The molecule has 2 aliphatic heterocycles. The number of hydrogen-bond donors (Lipinski definition) is 0. The van der Waals surface area contributed by atoms with E-state index in [4.69, 9.17) is 11.6 Å². The lowest BCUT2D eigenvalue weighted by Crippen LogP contribution is -2.44. The summed E-state index contributed by atoms with van der Waals surface area (Å²) in [4.78, 5) is 13.7. The fourth-order valence-electron chi connectivity index (χ4n) is 2.83. The summed E-state index contributed by atoms with van der Waals surface area (Å²) in [6.45, 7) is 2.20. The third-order valence-electron chi connectivity index (χ3n) is 3.71. The van der Waals surface area contributed by atoms with Crippen LogP contribution in [0.15, 0.2) is 30.5 Å². The molecule has 0 spiro atoms. The van der Waals surface area contributed by atoms with E-state index in [-0.39, 0.29) is 5.78 Å². The molecule has 0 aromatic heterocycles. The van der Waals surface area contributed by atoms with Gasteiger partial charge in [-0.15, -0.1) is 0 Å². The van der Waals surface area contributed by atoms with Gasteiger partial charge in [-0.05, 0) is 42.2 Å². The van der Waals surface area contributed by atoms with Crippen LogP contribution in [0.2, 0.25) is 5.02 Å². The molecule has 0 saturated heterocycles. The van der Waals surface area contributed by atoms with Crippen LogP contribution in [0.5, 0.6) is 0 Å². The van der Waals surface area contributed by atoms with E-state index in [1.54, 1.807) is 6.08 Å². The van der Waals surface area contributed by atoms with Crippen LogP contribution in [0.4, 0.5) is 5.69 Å². The molecule has 1 unspecified atom stereocenters. The molecule has 2 atom stereocenters. The van der Waals surface area contributed by atoms with E-state index in [9.17, 15) is 4.79 Å². The van der Waals surface area contributed by atoms with E-state index in [1.807, 2.05) is 18.3 Å². The fourth-order valence-corrected chi connectivity index (χ4v) is 3.03.